The van der Waals surface area contributed by atoms with Gasteiger partial charge in [-0.1, -0.05) is 18.2 Å². The molecule has 0 unspecified atom stereocenters. The van der Waals surface area contributed by atoms with Gasteiger partial charge in [-0.2, -0.15) is 4.40 Å². The van der Waals surface area contributed by atoms with Gasteiger partial charge in [-0.25, -0.2) is 4.39 Å². The van der Waals surface area contributed by atoms with Crippen LogP contribution >= 0.6 is 11.9 Å². The van der Waals surface area contributed by atoms with E-state index in [2.05, 4.69) is 9.30 Å². The topological polar surface area (TPSA) is 15.6 Å². The maximum Gasteiger partial charge on any atom is 0.148 e. The zero-order valence-corrected chi connectivity index (χ0v) is 9.95. The zero-order valence-electron chi connectivity index (χ0n) is 9.14. The summed E-state index contributed by atoms with van der Waals surface area (Å²) in [6.45, 7) is 0.922. The van der Waals surface area contributed by atoms with E-state index in [1.165, 1.54) is 18.0 Å². The van der Waals surface area contributed by atoms with Gasteiger partial charge < -0.3 is 4.90 Å². The van der Waals surface area contributed by atoms with Crippen LogP contribution < -0.4 is 0 Å². The average molecular weight is 246 g/mol. The fourth-order valence-electron chi connectivity index (χ4n) is 1.96. The SMILES string of the molecule is Fc1ccccc1C1=CC=CN2CCSN=C12. The maximum atomic E-state index is 13.8. The fraction of sp³-hybridized carbons (Fsp3) is 0.154. The van der Waals surface area contributed by atoms with E-state index < -0.39 is 0 Å². The number of rotatable bonds is 1. The van der Waals surface area contributed by atoms with Gasteiger partial charge in [0.25, 0.3) is 0 Å². The quantitative estimate of drug-likeness (QED) is 0.708. The molecule has 0 saturated carbocycles. The Morgan fingerprint density at radius 1 is 1.29 bits per heavy atom. The molecule has 2 nitrogen and oxygen atoms in total. The molecule has 0 aromatic heterocycles. The molecule has 0 atom stereocenters. The molecule has 1 aromatic carbocycles. The summed E-state index contributed by atoms with van der Waals surface area (Å²) in [4.78, 5) is 2.07. The van der Waals surface area contributed by atoms with Crippen LogP contribution in [0.1, 0.15) is 5.56 Å². The van der Waals surface area contributed by atoms with E-state index in [-0.39, 0.29) is 5.82 Å². The van der Waals surface area contributed by atoms with Gasteiger partial charge in [-0.05, 0) is 30.2 Å². The first kappa shape index (κ1) is 10.6. The van der Waals surface area contributed by atoms with Crippen LogP contribution in [0, 0.1) is 5.82 Å². The van der Waals surface area contributed by atoms with Gasteiger partial charge in [0, 0.05) is 29.6 Å². The highest BCUT2D eigenvalue weighted by Crippen LogP contribution is 2.28. The van der Waals surface area contributed by atoms with Crippen LogP contribution in [0.15, 0.2) is 47.0 Å². The Balaban J connectivity index is 2.08. The summed E-state index contributed by atoms with van der Waals surface area (Å²) < 4.78 is 18.2. The van der Waals surface area contributed by atoms with E-state index in [0.717, 1.165) is 23.7 Å². The Hall–Kier alpha value is -1.55. The number of fused-ring (bicyclic) bond motifs is 1. The largest absolute Gasteiger partial charge is 0.331 e. The molecule has 2 aliphatic heterocycles. The van der Waals surface area contributed by atoms with Gasteiger partial charge in [0.1, 0.15) is 11.7 Å². The van der Waals surface area contributed by atoms with Crippen LogP contribution in [-0.4, -0.2) is 23.0 Å². The molecule has 0 radical (unpaired) electrons. The number of benzene rings is 1. The van der Waals surface area contributed by atoms with Crippen molar-refractivity contribution in [3.63, 3.8) is 0 Å². The lowest BCUT2D eigenvalue weighted by atomic mass is 10.0. The van der Waals surface area contributed by atoms with Gasteiger partial charge in [0.15, 0.2) is 0 Å². The third kappa shape index (κ3) is 1.89. The van der Waals surface area contributed by atoms with Gasteiger partial charge in [0.2, 0.25) is 0 Å². The average Bonchev–Trinajstić information content (AvgIpc) is 2.39. The summed E-state index contributed by atoms with van der Waals surface area (Å²) in [6.07, 6.45) is 5.85. The third-order valence-corrected chi connectivity index (χ3v) is 3.45. The second-order valence-electron chi connectivity index (χ2n) is 3.84. The molecule has 4 heteroatoms. The van der Waals surface area contributed by atoms with Gasteiger partial charge >= 0.3 is 0 Å². The minimum Gasteiger partial charge on any atom is -0.331 e. The molecular formula is C13H11FN2S. The van der Waals surface area contributed by atoms with Crippen molar-refractivity contribution < 1.29 is 4.39 Å². The van der Waals surface area contributed by atoms with Crippen molar-refractivity contribution in [2.75, 3.05) is 12.3 Å². The molecule has 3 rings (SSSR count). The van der Waals surface area contributed by atoms with Gasteiger partial charge in [-0.3, -0.25) is 0 Å². The molecule has 0 N–H and O–H groups in total. The number of halogens is 1. The molecule has 2 heterocycles. The summed E-state index contributed by atoms with van der Waals surface area (Å²) in [7, 11) is 0. The lowest BCUT2D eigenvalue weighted by Gasteiger charge is -2.29. The van der Waals surface area contributed by atoms with E-state index in [9.17, 15) is 4.39 Å². The van der Waals surface area contributed by atoms with Crippen molar-refractivity contribution >= 4 is 23.4 Å². The molecule has 0 fully saturated rings. The van der Waals surface area contributed by atoms with Gasteiger partial charge in [0.05, 0.1) is 0 Å². The highest BCUT2D eigenvalue weighted by molar-refractivity contribution is 7.98. The molecule has 86 valence electrons. The normalized spacial score (nSPS) is 18.5. The lowest BCUT2D eigenvalue weighted by molar-refractivity contribution is 0.591. The fourth-order valence-corrected chi connectivity index (χ4v) is 2.66. The molecular weight excluding hydrogens is 235 g/mol. The Morgan fingerprint density at radius 3 is 3.06 bits per heavy atom. The van der Waals surface area contributed by atoms with Crippen molar-refractivity contribution in [2.45, 2.75) is 0 Å². The minimum atomic E-state index is -0.202. The van der Waals surface area contributed by atoms with Crippen molar-refractivity contribution in [1.82, 2.24) is 4.90 Å². The Labute approximate surface area is 104 Å². The van der Waals surface area contributed by atoms with Crippen LogP contribution in [0.2, 0.25) is 0 Å². The predicted molar refractivity (Wildman–Crippen MR) is 70.1 cm³/mol. The summed E-state index contributed by atoms with van der Waals surface area (Å²) in [5.41, 5.74) is 1.47. The summed E-state index contributed by atoms with van der Waals surface area (Å²) in [5, 5.41) is 0. The Bertz CT molecular complexity index is 534. The molecule has 0 spiro atoms. The predicted octanol–water partition coefficient (Wildman–Crippen LogP) is 3.10. The van der Waals surface area contributed by atoms with Crippen molar-refractivity contribution in [3.05, 3.63) is 54.0 Å². The first-order valence-corrected chi connectivity index (χ1v) is 6.41. The smallest absolute Gasteiger partial charge is 0.148 e. The molecule has 0 aliphatic carbocycles. The molecule has 1 aromatic rings. The van der Waals surface area contributed by atoms with E-state index in [4.69, 9.17) is 0 Å². The molecule has 0 saturated heterocycles. The van der Waals surface area contributed by atoms with Crippen molar-refractivity contribution in [2.24, 2.45) is 4.40 Å². The Kier molecular flexibility index (Phi) is 2.73. The number of allylic oxidation sites excluding steroid dienone is 2. The van der Waals surface area contributed by atoms with Crippen LogP contribution in [0.5, 0.6) is 0 Å². The van der Waals surface area contributed by atoms with Crippen LogP contribution in [-0.2, 0) is 0 Å². The van der Waals surface area contributed by atoms with E-state index >= 15 is 0 Å². The second-order valence-corrected chi connectivity index (χ2v) is 4.69. The molecule has 0 amide bonds. The summed E-state index contributed by atoms with van der Waals surface area (Å²) in [6, 6.07) is 6.82. The maximum absolute atomic E-state index is 13.8. The zero-order chi connectivity index (χ0) is 11.7. The first-order valence-electron chi connectivity index (χ1n) is 5.46. The summed E-state index contributed by atoms with van der Waals surface area (Å²) >= 11 is 1.53. The molecule has 17 heavy (non-hydrogen) atoms. The van der Waals surface area contributed by atoms with E-state index in [0.29, 0.717) is 5.56 Å². The molecule has 2 aliphatic rings. The van der Waals surface area contributed by atoms with Gasteiger partial charge in [-0.15, -0.1) is 0 Å². The number of amidine groups is 1. The summed E-state index contributed by atoms with van der Waals surface area (Å²) in [5.74, 6) is 1.62. The first-order chi connectivity index (χ1) is 8.36. The van der Waals surface area contributed by atoms with Crippen molar-refractivity contribution in [3.8, 4) is 0 Å². The number of hydrogen-bond donors (Lipinski definition) is 0. The lowest BCUT2D eigenvalue weighted by Crippen LogP contribution is -2.32. The van der Waals surface area contributed by atoms with E-state index in [1.54, 1.807) is 12.1 Å². The highest BCUT2D eigenvalue weighted by Gasteiger charge is 2.22. The van der Waals surface area contributed by atoms with Crippen LogP contribution in [0.25, 0.3) is 5.57 Å². The minimum absolute atomic E-state index is 0.202. The Morgan fingerprint density at radius 2 is 2.18 bits per heavy atom. The van der Waals surface area contributed by atoms with Crippen molar-refractivity contribution in [1.29, 1.82) is 0 Å². The number of nitrogens with zero attached hydrogens (tertiary/aromatic N) is 2. The second kappa shape index (κ2) is 4.37. The number of hydrogen-bond acceptors (Lipinski definition) is 3. The van der Waals surface area contributed by atoms with Crippen LogP contribution in [0.3, 0.4) is 0 Å². The standard InChI is InChI=1S/C13H11FN2S/c14-12-6-2-1-4-10(12)11-5-3-7-16-8-9-17-15-13(11)16/h1-7H,8-9H2. The third-order valence-electron chi connectivity index (χ3n) is 2.78. The molecule has 0 bridgehead atoms. The monoisotopic (exact) mass is 246 g/mol. The highest BCUT2D eigenvalue weighted by atomic mass is 32.2. The van der Waals surface area contributed by atoms with E-state index in [1.807, 2.05) is 24.4 Å². The van der Waals surface area contributed by atoms with Crippen LogP contribution in [0.4, 0.5) is 4.39 Å².